The summed E-state index contributed by atoms with van der Waals surface area (Å²) in [5.74, 6) is -1.47. The summed E-state index contributed by atoms with van der Waals surface area (Å²) in [6.45, 7) is -0.284. The largest absolute Gasteiger partial charge is 0.464 e. The van der Waals surface area contributed by atoms with E-state index in [2.05, 4.69) is 9.97 Å². The Hall–Kier alpha value is -3.87. The van der Waals surface area contributed by atoms with E-state index in [0.29, 0.717) is 22.2 Å². The number of furan rings is 1. The maximum atomic E-state index is 14.9. The molecule has 3 aromatic heterocycles. The lowest BCUT2D eigenvalue weighted by Crippen LogP contribution is -2.23. The Morgan fingerprint density at radius 1 is 0.966 bits per heavy atom. The molecule has 0 N–H and O–H groups in total. The van der Waals surface area contributed by atoms with Gasteiger partial charge in [-0.1, -0.05) is 6.07 Å². The average Bonchev–Trinajstić information content (AvgIpc) is 3.19. The van der Waals surface area contributed by atoms with Crippen molar-refractivity contribution in [3.63, 3.8) is 0 Å². The number of halogens is 2. The number of nitrogens with zero attached hydrogens (tertiary/aromatic N) is 3. The summed E-state index contributed by atoms with van der Waals surface area (Å²) in [5.41, 5.74) is 1.81. The third kappa shape index (κ3) is 2.97. The van der Waals surface area contributed by atoms with E-state index < -0.39 is 17.2 Å². The van der Waals surface area contributed by atoms with E-state index in [1.165, 1.54) is 22.9 Å². The highest BCUT2D eigenvalue weighted by Gasteiger charge is 2.16. The van der Waals surface area contributed by atoms with E-state index in [4.69, 9.17) is 4.42 Å². The van der Waals surface area contributed by atoms with Crippen LogP contribution in [0.5, 0.6) is 0 Å². The van der Waals surface area contributed by atoms with Crippen LogP contribution < -0.4 is 5.56 Å². The van der Waals surface area contributed by atoms with Crippen LogP contribution in [-0.2, 0) is 6.54 Å². The van der Waals surface area contributed by atoms with E-state index in [1.54, 1.807) is 42.7 Å². The minimum Gasteiger partial charge on any atom is -0.464 e. The van der Waals surface area contributed by atoms with Gasteiger partial charge in [0.25, 0.3) is 5.56 Å². The normalized spacial score (nSPS) is 11.4. The Kier molecular flexibility index (Phi) is 3.94. The molecule has 0 unspecified atom stereocenters. The Morgan fingerprint density at radius 3 is 2.62 bits per heavy atom. The zero-order valence-corrected chi connectivity index (χ0v) is 15.0. The van der Waals surface area contributed by atoms with Crippen LogP contribution in [0.25, 0.3) is 33.3 Å². The molecule has 0 atom stereocenters. The number of benzene rings is 2. The molecule has 0 amide bonds. The summed E-state index contributed by atoms with van der Waals surface area (Å²) in [6, 6.07) is 13.0. The number of aromatic nitrogens is 3. The molecular weight excluding hydrogens is 376 g/mol. The molecule has 0 spiro atoms. The van der Waals surface area contributed by atoms with Crippen molar-refractivity contribution in [3.8, 4) is 11.1 Å². The summed E-state index contributed by atoms with van der Waals surface area (Å²) in [7, 11) is 0. The van der Waals surface area contributed by atoms with Gasteiger partial charge in [-0.05, 0) is 53.6 Å². The van der Waals surface area contributed by atoms with Crippen molar-refractivity contribution in [2.24, 2.45) is 0 Å². The molecule has 0 fully saturated rings. The van der Waals surface area contributed by atoms with Crippen molar-refractivity contribution in [1.29, 1.82) is 0 Å². The Bertz CT molecular complexity index is 1420. The van der Waals surface area contributed by atoms with Gasteiger partial charge in [-0.3, -0.25) is 9.36 Å². The molecule has 2 aromatic carbocycles. The average molecular weight is 389 g/mol. The van der Waals surface area contributed by atoms with Gasteiger partial charge in [0, 0.05) is 17.1 Å². The number of hydrogen-bond donors (Lipinski definition) is 0. The van der Waals surface area contributed by atoms with Gasteiger partial charge in [0.15, 0.2) is 5.65 Å². The van der Waals surface area contributed by atoms with Gasteiger partial charge in [0.05, 0.1) is 19.0 Å². The first-order valence-corrected chi connectivity index (χ1v) is 8.86. The smallest absolute Gasteiger partial charge is 0.270 e. The first-order chi connectivity index (χ1) is 14.1. The molecule has 0 aliphatic rings. The van der Waals surface area contributed by atoms with Gasteiger partial charge in [-0.25, -0.2) is 18.7 Å². The number of rotatable bonds is 3. The van der Waals surface area contributed by atoms with Gasteiger partial charge in [0.1, 0.15) is 22.7 Å². The quantitative estimate of drug-likeness (QED) is 0.455. The van der Waals surface area contributed by atoms with Gasteiger partial charge in [0.2, 0.25) is 0 Å². The molecule has 0 bridgehead atoms. The predicted octanol–water partition coefficient (Wildman–Crippen LogP) is 4.53. The maximum absolute atomic E-state index is 14.9. The molecular formula is C22H13F2N3O2. The fourth-order valence-corrected chi connectivity index (χ4v) is 3.37. The summed E-state index contributed by atoms with van der Waals surface area (Å²) >= 11 is 0. The third-order valence-corrected chi connectivity index (χ3v) is 4.84. The summed E-state index contributed by atoms with van der Waals surface area (Å²) in [4.78, 5) is 20.4. The van der Waals surface area contributed by atoms with Crippen molar-refractivity contribution in [1.82, 2.24) is 14.5 Å². The van der Waals surface area contributed by atoms with Crippen LogP contribution in [0.4, 0.5) is 8.78 Å². The van der Waals surface area contributed by atoms with Crippen LogP contribution in [0, 0.1) is 11.6 Å². The molecule has 0 saturated heterocycles. The standard InChI is InChI=1S/C22H13F2N3O2/c23-17-9-15(13-3-4-20-14(8-13)5-7-29-20)10-18(24)16(17)12-27-21(28)11-26-19-2-1-6-25-22(19)27/h1-11H,12H2. The first-order valence-electron chi connectivity index (χ1n) is 8.86. The predicted molar refractivity (Wildman–Crippen MR) is 104 cm³/mol. The molecule has 3 heterocycles. The molecule has 5 rings (SSSR count). The molecule has 142 valence electrons. The van der Waals surface area contributed by atoms with Crippen LogP contribution >= 0.6 is 0 Å². The molecule has 0 aliphatic heterocycles. The molecule has 5 aromatic rings. The van der Waals surface area contributed by atoms with Gasteiger partial charge < -0.3 is 4.42 Å². The highest BCUT2D eigenvalue weighted by molar-refractivity contribution is 5.83. The zero-order valence-electron chi connectivity index (χ0n) is 15.0. The lowest BCUT2D eigenvalue weighted by Gasteiger charge is -2.12. The van der Waals surface area contributed by atoms with E-state index in [1.807, 2.05) is 0 Å². The first kappa shape index (κ1) is 17.2. The highest BCUT2D eigenvalue weighted by Crippen LogP contribution is 2.28. The minimum atomic E-state index is -0.736. The lowest BCUT2D eigenvalue weighted by molar-refractivity contribution is 0.544. The minimum absolute atomic E-state index is 0.210. The second kappa shape index (κ2) is 6.63. The lowest BCUT2D eigenvalue weighted by atomic mass is 10.0. The fourth-order valence-electron chi connectivity index (χ4n) is 3.37. The van der Waals surface area contributed by atoms with Crippen molar-refractivity contribution < 1.29 is 13.2 Å². The van der Waals surface area contributed by atoms with Crippen molar-refractivity contribution in [2.75, 3.05) is 0 Å². The second-order valence-corrected chi connectivity index (χ2v) is 6.62. The van der Waals surface area contributed by atoms with Crippen LogP contribution in [0.15, 0.2) is 76.4 Å². The summed E-state index contributed by atoms with van der Waals surface area (Å²) in [6.07, 6.45) is 4.18. The highest BCUT2D eigenvalue weighted by atomic mass is 19.1. The Labute approximate surface area is 162 Å². The topological polar surface area (TPSA) is 60.9 Å². The fraction of sp³-hybridized carbons (Fsp3) is 0.0455. The Balaban J connectivity index is 1.59. The number of pyridine rings is 1. The molecule has 5 nitrogen and oxygen atoms in total. The van der Waals surface area contributed by atoms with Crippen molar-refractivity contribution in [2.45, 2.75) is 6.54 Å². The van der Waals surface area contributed by atoms with Crippen LogP contribution in [0.1, 0.15) is 5.56 Å². The molecule has 29 heavy (non-hydrogen) atoms. The summed E-state index contributed by atoms with van der Waals surface area (Å²) < 4.78 is 36.2. The van der Waals surface area contributed by atoms with E-state index >= 15 is 0 Å². The van der Waals surface area contributed by atoms with E-state index in [-0.39, 0.29) is 17.8 Å². The molecule has 0 saturated carbocycles. The number of hydrogen-bond acceptors (Lipinski definition) is 4. The third-order valence-electron chi connectivity index (χ3n) is 4.84. The maximum Gasteiger partial charge on any atom is 0.270 e. The van der Waals surface area contributed by atoms with Gasteiger partial charge in [-0.15, -0.1) is 0 Å². The van der Waals surface area contributed by atoms with Crippen LogP contribution in [0.3, 0.4) is 0 Å². The van der Waals surface area contributed by atoms with Crippen LogP contribution in [-0.4, -0.2) is 14.5 Å². The number of fused-ring (bicyclic) bond motifs is 2. The molecule has 0 radical (unpaired) electrons. The van der Waals surface area contributed by atoms with Crippen molar-refractivity contribution >= 4 is 22.1 Å². The van der Waals surface area contributed by atoms with Crippen LogP contribution in [0.2, 0.25) is 0 Å². The van der Waals surface area contributed by atoms with E-state index in [9.17, 15) is 13.6 Å². The molecule has 7 heteroatoms. The SMILES string of the molecule is O=c1cnc2cccnc2n1Cc1c(F)cc(-c2ccc3occc3c2)cc1F. The van der Waals surface area contributed by atoms with E-state index in [0.717, 1.165) is 11.6 Å². The van der Waals surface area contributed by atoms with Gasteiger partial charge in [-0.2, -0.15) is 0 Å². The zero-order chi connectivity index (χ0) is 20.0. The van der Waals surface area contributed by atoms with Crippen molar-refractivity contribution in [3.05, 3.63) is 94.7 Å². The monoisotopic (exact) mass is 389 g/mol. The summed E-state index contributed by atoms with van der Waals surface area (Å²) in [5, 5.41) is 0.841. The Morgan fingerprint density at radius 2 is 1.79 bits per heavy atom. The molecule has 0 aliphatic carbocycles. The van der Waals surface area contributed by atoms with Gasteiger partial charge >= 0.3 is 0 Å². The second-order valence-electron chi connectivity index (χ2n) is 6.62.